The number of ketones is 2. The van der Waals surface area contributed by atoms with Gasteiger partial charge in [0.05, 0.1) is 14.2 Å². The molecule has 82 valence electrons. The minimum absolute atomic E-state index is 0.352. The van der Waals surface area contributed by atoms with Crippen molar-refractivity contribution in [3.8, 4) is 5.75 Å². The van der Waals surface area contributed by atoms with Crippen molar-refractivity contribution in [2.45, 2.75) is 0 Å². The molecule has 0 fully saturated rings. The Bertz CT molecular complexity index is 500. The number of benzene rings is 1. The summed E-state index contributed by atoms with van der Waals surface area (Å²) in [5.41, 5.74) is 0.941. The Morgan fingerprint density at radius 3 is 2.38 bits per heavy atom. The summed E-state index contributed by atoms with van der Waals surface area (Å²) in [5.74, 6) is -0.0738. The van der Waals surface area contributed by atoms with Crippen LogP contribution in [0.1, 0.15) is 15.9 Å². The first-order valence-electron chi connectivity index (χ1n) is 4.70. The van der Waals surface area contributed by atoms with Crippen LogP contribution in [-0.4, -0.2) is 25.8 Å². The van der Waals surface area contributed by atoms with Gasteiger partial charge in [-0.3, -0.25) is 9.59 Å². The monoisotopic (exact) mass is 218 g/mol. The van der Waals surface area contributed by atoms with Crippen LogP contribution in [-0.2, 0) is 9.53 Å². The van der Waals surface area contributed by atoms with Crippen LogP contribution in [0.15, 0.2) is 24.3 Å². The van der Waals surface area contributed by atoms with E-state index in [0.717, 1.165) is 0 Å². The fourth-order valence-corrected chi connectivity index (χ4v) is 1.62. The second kappa shape index (κ2) is 3.81. The highest BCUT2D eigenvalue weighted by atomic mass is 16.5. The molecule has 0 N–H and O–H groups in total. The highest BCUT2D eigenvalue weighted by molar-refractivity contribution is 6.50. The Morgan fingerprint density at radius 2 is 1.75 bits per heavy atom. The number of ether oxygens (including phenoxy) is 2. The molecular formula is C12H10O4. The number of Topliss-reactive ketones (excluding diaryl/α,β-unsaturated/α-hetero) is 1. The molecule has 1 aliphatic carbocycles. The van der Waals surface area contributed by atoms with Crippen molar-refractivity contribution in [2.24, 2.45) is 0 Å². The molecule has 0 atom stereocenters. The smallest absolute Gasteiger partial charge is 0.233 e. The van der Waals surface area contributed by atoms with Crippen LogP contribution in [0.5, 0.6) is 5.75 Å². The molecule has 0 aromatic heterocycles. The summed E-state index contributed by atoms with van der Waals surface area (Å²) in [6.45, 7) is 0. The summed E-state index contributed by atoms with van der Waals surface area (Å²) in [4.78, 5) is 22.9. The number of carbonyl (C=O) groups is 2. The van der Waals surface area contributed by atoms with E-state index in [9.17, 15) is 9.59 Å². The van der Waals surface area contributed by atoms with Crippen molar-refractivity contribution < 1.29 is 19.1 Å². The molecule has 0 radical (unpaired) electrons. The number of hydrogen-bond donors (Lipinski definition) is 0. The summed E-state index contributed by atoms with van der Waals surface area (Å²) >= 11 is 0. The second-order valence-electron chi connectivity index (χ2n) is 3.32. The van der Waals surface area contributed by atoms with E-state index in [2.05, 4.69) is 0 Å². The van der Waals surface area contributed by atoms with E-state index in [-0.39, 0.29) is 0 Å². The molecule has 0 heterocycles. The molecule has 1 aromatic carbocycles. The zero-order chi connectivity index (χ0) is 11.7. The SMILES string of the molecule is COC1=CC(=O)C(=O)c2ccc(OC)cc21. The van der Waals surface area contributed by atoms with Crippen molar-refractivity contribution in [3.63, 3.8) is 0 Å². The quantitative estimate of drug-likeness (QED) is 0.705. The first-order valence-corrected chi connectivity index (χ1v) is 4.70. The Kier molecular flexibility index (Phi) is 2.48. The first kappa shape index (κ1) is 10.4. The number of rotatable bonds is 2. The van der Waals surface area contributed by atoms with Gasteiger partial charge in [0.25, 0.3) is 0 Å². The van der Waals surface area contributed by atoms with Gasteiger partial charge in [-0.15, -0.1) is 0 Å². The van der Waals surface area contributed by atoms with Crippen LogP contribution < -0.4 is 4.74 Å². The van der Waals surface area contributed by atoms with E-state index >= 15 is 0 Å². The van der Waals surface area contributed by atoms with E-state index in [1.165, 1.54) is 20.3 Å². The van der Waals surface area contributed by atoms with Gasteiger partial charge in [0.2, 0.25) is 11.6 Å². The predicted molar refractivity (Wildman–Crippen MR) is 57.3 cm³/mol. The maximum atomic E-state index is 11.6. The number of fused-ring (bicyclic) bond motifs is 1. The zero-order valence-electron chi connectivity index (χ0n) is 8.94. The Balaban J connectivity index is 2.63. The maximum Gasteiger partial charge on any atom is 0.233 e. The van der Waals surface area contributed by atoms with Gasteiger partial charge in [-0.25, -0.2) is 0 Å². The van der Waals surface area contributed by atoms with E-state index in [4.69, 9.17) is 9.47 Å². The molecular weight excluding hydrogens is 208 g/mol. The average Bonchev–Trinajstić information content (AvgIpc) is 2.33. The lowest BCUT2D eigenvalue weighted by molar-refractivity contribution is -0.111. The largest absolute Gasteiger partial charge is 0.497 e. The standard InChI is InChI=1S/C12H10O4/c1-15-7-3-4-8-9(5-7)11(16-2)6-10(13)12(8)14/h3-6H,1-2H3. The molecule has 0 unspecified atom stereocenters. The summed E-state index contributed by atoms with van der Waals surface area (Å²) in [6.07, 6.45) is 1.20. The summed E-state index contributed by atoms with van der Waals surface area (Å²) in [7, 11) is 2.99. The third-order valence-corrected chi connectivity index (χ3v) is 2.44. The predicted octanol–water partition coefficient (Wildman–Crippen LogP) is 1.45. The average molecular weight is 218 g/mol. The van der Waals surface area contributed by atoms with Crippen LogP contribution in [0.2, 0.25) is 0 Å². The van der Waals surface area contributed by atoms with Gasteiger partial charge in [-0.05, 0) is 18.2 Å². The maximum absolute atomic E-state index is 11.6. The lowest BCUT2D eigenvalue weighted by atomic mass is 9.93. The lowest BCUT2D eigenvalue weighted by Crippen LogP contribution is -2.19. The normalized spacial score (nSPS) is 14.2. The molecule has 0 spiro atoms. The van der Waals surface area contributed by atoms with Crippen molar-refractivity contribution in [1.82, 2.24) is 0 Å². The fourth-order valence-electron chi connectivity index (χ4n) is 1.62. The number of carbonyl (C=O) groups excluding carboxylic acids is 2. The summed E-state index contributed by atoms with van der Waals surface area (Å²) < 4.78 is 10.1. The van der Waals surface area contributed by atoms with Crippen molar-refractivity contribution in [2.75, 3.05) is 14.2 Å². The minimum atomic E-state index is -0.561. The summed E-state index contributed by atoms with van der Waals surface area (Å²) in [5, 5.41) is 0. The Hall–Kier alpha value is -2.10. The molecule has 2 rings (SSSR count). The highest BCUT2D eigenvalue weighted by Gasteiger charge is 2.26. The second-order valence-corrected chi connectivity index (χ2v) is 3.32. The molecule has 4 nitrogen and oxygen atoms in total. The van der Waals surface area contributed by atoms with Gasteiger partial charge in [-0.1, -0.05) is 0 Å². The topological polar surface area (TPSA) is 52.6 Å². The summed E-state index contributed by atoms with van der Waals surface area (Å²) in [6, 6.07) is 4.89. The van der Waals surface area contributed by atoms with E-state index in [0.29, 0.717) is 22.6 Å². The molecule has 0 saturated heterocycles. The van der Waals surface area contributed by atoms with Gasteiger partial charge < -0.3 is 9.47 Å². The molecule has 0 amide bonds. The Labute approximate surface area is 92.5 Å². The van der Waals surface area contributed by atoms with Crippen LogP contribution in [0, 0.1) is 0 Å². The van der Waals surface area contributed by atoms with Crippen LogP contribution in [0.3, 0.4) is 0 Å². The van der Waals surface area contributed by atoms with Crippen molar-refractivity contribution in [1.29, 1.82) is 0 Å². The molecule has 1 aliphatic rings. The minimum Gasteiger partial charge on any atom is -0.497 e. The van der Waals surface area contributed by atoms with Gasteiger partial charge in [0, 0.05) is 17.2 Å². The van der Waals surface area contributed by atoms with Crippen LogP contribution in [0.4, 0.5) is 0 Å². The third-order valence-electron chi connectivity index (χ3n) is 2.44. The number of hydrogen-bond acceptors (Lipinski definition) is 4. The van der Waals surface area contributed by atoms with E-state index < -0.39 is 11.6 Å². The Morgan fingerprint density at radius 1 is 1.00 bits per heavy atom. The zero-order valence-corrected chi connectivity index (χ0v) is 8.94. The van der Waals surface area contributed by atoms with E-state index in [1.54, 1.807) is 18.2 Å². The molecule has 4 heteroatoms. The lowest BCUT2D eigenvalue weighted by Gasteiger charge is -2.15. The molecule has 0 saturated carbocycles. The fraction of sp³-hybridized carbons (Fsp3) is 0.167. The van der Waals surface area contributed by atoms with Crippen molar-refractivity contribution >= 4 is 17.3 Å². The molecule has 16 heavy (non-hydrogen) atoms. The van der Waals surface area contributed by atoms with Crippen LogP contribution in [0.25, 0.3) is 5.76 Å². The van der Waals surface area contributed by atoms with Gasteiger partial charge in [0.15, 0.2) is 0 Å². The highest BCUT2D eigenvalue weighted by Crippen LogP contribution is 2.28. The van der Waals surface area contributed by atoms with Crippen molar-refractivity contribution in [3.05, 3.63) is 35.4 Å². The number of methoxy groups -OCH3 is 2. The molecule has 0 bridgehead atoms. The number of allylic oxidation sites excluding steroid dienone is 1. The van der Waals surface area contributed by atoms with Gasteiger partial charge >= 0.3 is 0 Å². The van der Waals surface area contributed by atoms with Gasteiger partial charge in [-0.2, -0.15) is 0 Å². The molecule has 1 aromatic rings. The van der Waals surface area contributed by atoms with Crippen LogP contribution >= 0.6 is 0 Å². The first-order chi connectivity index (χ1) is 7.67. The van der Waals surface area contributed by atoms with E-state index in [1.807, 2.05) is 0 Å². The molecule has 0 aliphatic heterocycles. The third kappa shape index (κ3) is 1.48. The van der Waals surface area contributed by atoms with Gasteiger partial charge in [0.1, 0.15) is 11.5 Å².